The third-order valence-corrected chi connectivity index (χ3v) is 4.46. The Hall–Kier alpha value is -3.02. The van der Waals surface area contributed by atoms with Gasteiger partial charge in [0.25, 0.3) is 5.91 Å². The average Bonchev–Trinajstić information content (AvgIpc) is 2.63. The lowest BCUT2D eigenvalue weighted by molar-refractivity contribution is -0.115. The van der Waals surface area contributed by atoms with Gasteiger partial charge in [-0.2, -0.15) is 0 Å². The molecule has 136 valence electrons. The summed E-state index contributed by atoms with van der Waals surface area (Å²) >= 11 is 0. The Morgan fingerprint density at radius 2 is 2.00 bits per heavy atom. The van der Waals surface area contributed by atoms with Crippen molar-refractivity contribution in [3.8, 4) is 0 Å². The number of carbonyl (C=O) groups is 2. The zero-order valence-corrected chi connectivity index (χ0v) is 14.9. The minimum absolute atomic E-state index is 0.117. The van der Waals surface area contributed by atoms with E-state index in [-0.39, 0.29) is 18.4 Å². The molecule has 0 spiro atoms. The number of nitrogen functional groups attached to an aromatic ring is 1. The van der Waals surface area contributed by atoms with E-state index < -0.39 is 0 Å². The number of hydrogen-bond donors (Lipinski definition) is 3. The number of anilines is 3. The number of nitrogens with one attached hydrogen (secondary N) is 2. The summed E-state index contributed by atoms with van der Waals surface area (Å²) in [7, 11) is 0. The van der Waals surface area contributed by atoms with Crippen LogP contribution in [0.4, 0.5) is 17.1 Å². The van der Waals surface area contributed by atoms with Gasteiger partial charge in [0.05, 0.1) is 6.54 Å². The second kappa shape index (κ2) is 7.91. The van der Waals surface area contributed by atoms with Gasteiger partial charge >= 0.3 is 0 Å². The van der Waals surface area contributed by atoms with Gasteiger partial charge in [-0.25, -0.2) is 0 Å². The van der Waals surface area contributed by atoms with Crippen molar-refractivity contribution in [2.45, 2.75) is 19.8 Å². The number of rotatable bonds is 5. The summed E-state index contributed by atoms with van der Waals surface area (Å²) in [6.07, 6.45) is 1.91. The molecule has 0 fully saturated rings. The van der Waals surface area contributed by atoms with Gasteiger partial charge in [0, 0.05) is 35.7 Å². The summed E-state index contributed by atoms with van der Waals surface area (Å²) in [6.45, 7) is 3.50. The molecule has 0 unspecified atom stereocenters. The molecule has 2 aromatic rings. The highest BCUT2D eigenvalue weighted by Crippen LogP contribution is 2.31. The maximum atomic E-state index is 12.5. The van der Waals surface area contributed by atoms with Crippen LogP contribution in [0.15, 0.2) is 42.5 Å². The Kier molecular flexibility index (Phi) is 5.41. The van der Waals surface area contributed by atoms with Crippen LogP contribution >= 0.6 is 0 Å². The van der Waals surface area contributed by atoms with Gasteiger partial charge < -0.3 is 21.3 Å². The van der Waals surface area contributed by atoms with Gasteiger partial charge in [-0.1, -0.05) is 12.1 Å². The lowest BCUT2D eigenvalue weighted by atomic mass is 10.00. The van der Waals surface area contributed by atoms with E-state index in [1.807, 2.05) is 25.1 Å². The first-order valence-electron chi connectivity index (χ1n) is 8.89. The van der Waals surface area contributed by atoms with Gasteiger partial charge in [-0.3, -0.25) is 9.59 Å². The van der Waals surface area contributed by atoms with E-state index in [4.69, 9.17) is 5.73 Å². The van der Waals surface area contributed by atoms with Crippen molar-refractivity contribution >= 4 is 28.9 Å². The summed E-state index contributed by atoms with van der Waals surface area (Å²) in [4.78, 5) is 26.5. The third-order valence-electron chi connectivity index (χ3n) is 4.46. The highest BCUT2D eigenvalue weighted by molar-refractivity contribution is 5.98. The predicted octanol–water partition coefficient (Wildman–Crippen LogP) is 2.41. The van der Waals surface area contributed by atoms with E-state index in [0.717, 1.165) is 36.3 Å². The Morgan fingerprint density at radius 1 is 1.19 bits per heavy atom. The lowest BCUT2D eigenvalue weighted by Gasteiger charge is -2.31. The van der Waals surface area contributed by atoms with Gasteiger partial charge in [-0.05, 0) is 55.7 Å². The van der Waals surface area contributed by atoms with Crippen LogP contribution < -0.4 is 21.3 Å². The molecule has 6 heteroatoms. The Bertz CT molecular complexity index is 819. The van der Waals surface area contributed by atoms with Crippen LogP contribution in [0.1, 0.15) is 29.3 Å². The largest absolute Gasteiger partial charge is 0.398 e. The highest BCUT2D eigenvalue weighted by atomic mass is 16.2. The van der Waals surface area contributed by atoms with E-state index >= 15 is 0 Å². The molecule has 0 saturated heterocycles. The number of benzene rings is 2. The molecule has 26 heavy (non-hydrogen) atoms. The molecule has 1 aliphatic rings. The van der Waals surface area contributed by atoms with Crippen molar-refractivity contribution in [2.24, 2.45) is 0 Å². The summed E-state index contributed by atoms with van der Waals surface area (Å²) in [6, 6.07) is 12.8. The second-order valence-electron chi connectivity index (χ2n) is 6.36. The van der Waals surface area contributed by atoms with Crippen LogP contribution in [0.2, 0.25) is 0 Å². The molecular weight excluding hydrogens is 328 g/mol. The van der Waals surface area contributed by atoms with Crippen LogP contribution in [0, 0.1) is 0 Å². The van der Waals surface area contributed by atoms with Crippen LogP contribution in [0.3, 0.4) is 0 Å². The van der Waals surface area contributed by atoms with E-state index in [2.05, 4.69) is 15.5 Å². The SMILES string of the molecule is CCNC(=O)c1cccc(NC(=O)CN2CCCc3c(N)cccc32)c1. The average molecular weight is 352 g/mol. The first kappa shape index (κ1) is 17.8. The first-order valence-corrected chi connectivity index (χ1v) is 8.89. The number of carbonyl (C=O) groups excluding carboxylic acids is 2. The number of amides is 2. The molecule has 0 saturated carbocycles. The minimum Gasteiger partial charge on any atom is -0.398 e. The summed E-state index contributed by atoms with van der Waals surface area (Å²) in [5.74, 6) is -0.266. The molecule has 2 aromatic carbocycles. The summed E-state index contributed by atoms with van der Waals surface area (Å²) in [5, 5.41) is 5.63. The molecule has 0 aliphatic carbocycles. The van der Waals surface area contributed by atoms with Crippen LogP contribution in [0.25, 0.3) is 0 Å². The number of nitrogens with two attached hydrogens (primary N) is 1. The van der Waals surface area contributed by atoms with Crippen molar-refractivity contribution in [3.05, 3.63) is 53.6 Å². The fourth-order valence-electron chi connectivity index (χ4n) is 3.27. The molecule has 3 rings (SSSR count). The number of fused-ring (bicyclic) bond motifs is 1. The molecule has 4 N–H and O–H groups in total. The number of hydrogen-bond acceptors (Lipinski definition) is 4. The van der Waals surface area contributed by atoms with E-state index in [0.29, 0.717) is 17.8 Å². The van der Waals surface area contributed by atoms with Crippen molar-refractivity contribution in [2.75, 3.05) is 35.6 Å². The van der Waals surface area contributed by atoms with E-state index in [9.17, 15) is 9.59 Å². The van der Waals surface area contributed by atoms with Crippen molar-refractivity contribution in [1.29, 1.82) is 0 Å². The van der Waals surface area contributed by atoms with Crippen molar-refractivity contribution < 1.29 is 9.59 Å². The normalized spacial score (nSPS) is 13.0. The fraction of sp³-hybridized carbons (Fsp3) is 0.300. The molecule has 0 radical (unpaired) electrons. The Balaban J connectivity index is 1.68. The quantitative estimate of drug-likeness (QED) is 0.721. The molecule has 0 bridgehead atoms. The first-order chi connectivity index (χ1) is 12.6. The topological polar surface area (TPSA) is 87.5 Å². The molecule has 1 heterocycles. The van der Waals surface area contributed by atoms with Gasteiger partial charge in [-0.15, -0.1) is 0 Å². The smallest absolute Gasteiger partial charge is 0.251 e. The van der Waals surface area contributed by atoms with Gasteiger partial charge in [0.1, 0.15) is 0 Å². The van der Waals surface area contributed by atoms with E-state index in [1.54, 1.807) is 24.3 Å². The molecule has 1 aliphatic heterocycles. The standard InChI is InChI=1S/C20H24N4O2/c1-2-22-20(26)14-6-3-7-15(12-14)23-19(25)13-24-11-5-8-16-17(21)9-4-10-18(16)24/h3-4,6-7,9-10,12H,2,5,8,11,13,21H2,1H3,(H,22,26)(H,23,25). The molecule has 2 amide bonds. The number of nitrogens with zero attached hydrogens (tertiary/aromatic N) is 1. The predicted molar refractivity (Wildman–Crippen MR) is 104 cm³/mol. The molecule has 0 atom stereocenters. The van der Waals surface area contributed by atoms with Gasteiger partial charge in [0.15, 0.2) is 0 Å². The fourth-order valence-corrected chi connectivity index (χ4v) is 3.27. The van der Waals surface area contributed by atoms with Crippen molar-refractivity contribution in [1.82, 2.24) is 5.32 Å². The summed E-state index contributed by atoms with van der Waals surface area (Å²) < 4.78 is 0. The zero-order chi connectivity index (χ0) is 18.5. The molecular formula is C20H24N4O2. The van der Waals surface area contributed by atoms with Crippen LogP contribution in [-0.2, 0) is 11.2 Å². The zero-order valence-electron chi connectivity index (χ0n) is 14.9. The van der Waals surface area contributed by atoms with E-state index in [1.165, 1.54) is 0 Å². The molecule has 0 aromatic heterocycles. The summed E-state index contributed by atoms with van der Waals surface area (Å²) in [5.41, 5.74) is 10.1. The van der Waals surface area contributed by atoms with Crippen LogP contribution in [0.5, 0.6) is 0 Å². The monoisotopic (exact) mass is 352 g/mol. The Labute approximate surface area is 153 Å². The maximum Gasteiger partial charge on any atom is 0.251 e. The van der Waals surface area contributed by atoms with Crippen LogP contribution in [-0.4, -0.2) is 31.4 Å². The van der Waals surface area contributed by atoms with Crippen molar-refractivity contribution in [3.63, 3.8) is 0 Å². The Morgan fingerprint density at radius 3 is 2.81 bits per heavy atom. The molecule has 6 nitrogen and oxygen atoms in total. The minimum atomic E-state index is -0.149. The maximum absolute atomic E-state index is 12.5. The lowest BCUT2D eigenvalue weighted by Crippen LogP contribution is -2.37. The highest BCUT2D eigenvalue weighted by Gasteiger charge is 2.20. The second-order valence-corrected chi connectivity index (χ2v) is 6.36. The third kappa shape index (κ3) is 3.96. The van der Waals surface area contributed by atoms with Gasteiger partial charge in [0.2, 0.25) is 5.91 Å².